The first kappa shape index (κ1) is 5.43. The molecule has 0 atom stereocenters. The predicted molar refractivity (Wildman–Crippen MR) is 15.9 cm³/mol. The Morgan fingerprint density at radius 1 is 1.50 bits per heavy atom. The number of hydrogen-bond acceptors (Lipinski definition) is 1. The van der Waals surface area contributed by atoms with E-state index in [0.717, 1.165) is 0 Å². The van der Waals surface area contributed by atoms with Gasteiger partial charge in [-0.25, -0.2) is 15.0 Å². The molecular weight excluding hydrogens is 84.0 g/mol. The van der Waals surface area contributed by atoms with Crippen LogP contribution in [0.1, 0.15) is 6.42 Å². The van der Waals surface area contributed by atoms with Crippen molar-refractivity contribution in [2.75, 3.05) is 6.61 Å². The Balaban J connectivity index is 2.83. The molecule has 0 aliphatic carbocycles. The Morgan fingerprint density at radius 3 is 2.00 bits per heavy atom. The summed E-state index contributed by atoms with van der Waals surface area (Å²) in [6.45, 7) is -0.581. The third-order valence-corrected chi connectivity index (χ3v) is 0.306. The van der Waals surface area contributed by atoms with E-state index in [1.165, 1.54) is 0 Å². The third kappa shape index (κ3) is 3.43. The topological polar surface area (TPSA) is 56.9 Å². The lowest BCUT2D eigenvalue weighted by atomic mass is 10.5. The van der Waals surface area contributed by atoms with Crippen LogP contribution >= 0.6 is 0 Å². The summed E-state index contributed by atoms with van der Waals surface area (Å²) in [6.07, 6.45) is -0.375. The minimum Gasteiger partial charge on any atom is -0.247 e. The van der Waals surface area contributed by atoms with Crippen molar-refractivity contribution in [3.05, 3.63) is 0 Å². The van der Waals surface area contributed by atoms with Crippen molar-refractivity contribution in [2.45, 2.75) is 6.42 Å². The molecule has 3 nitrogen and oxygen atoms in total. The van der Waals surface area contributed by atoms with Crippen LogP contribution in [0.15, 0.2) is 0 Å². The molecule has 0 aromatic carbocycles. The molecule has 0 bridgehead atoms. The summed E-state index contributed by atoms with van der Waals surface area (Å²) >= 11 is 0. The Hall–Kier alpha value is -0.570. The Morgan fingerprint density at radius 2 is 2.00 bits per heavy atom. The van der Waals surface area contributed by atoms with Gasteiger partial charge in [-0.2, -0.15) is 0 Å². The summed E-state index contributed by atoms with van der Waals surface area (Å²) in [5.41, 5.74) is 0. The lowest BCUT2D eigenvalue weighted by molar-refractivity contribution is -0.144. The van der Waals surface area contributed by atoms with Crippen molar-refractivity contribution in [1.29, 1.82) is 0 Å². The highest BCUT2D eigenvalue weighted by molar-refractivity contribution is 5.66. The first-order chi connectivity index (χ1) is 2.77. The Labute approximate surface area is 35.2 Å². The van der Waals surface area contributed by atoms with Gasteiger partial charge in [-0.15, -0.1) is 0 Å². The van der Waals surface area contributed by atoms with Crippen LogP contribution in [0.3, 0.4) is 0 Å². The summed E-state index contributed by atoms with van der Waals surface area (Å²) in [6, 6.07) is 0. The lowest BCUT2D eigenvalue weighted by Crippen LogP contribution is -1.93. The Kier molecular flexibility index (Phi) is 2.40. The standard InChI is InChI=1S/C3H4O3/c4-2-1-3(5)6/h1-2H2. The molecule has 0 fully saturated rings. The molecular formula is C3H4O3. The van der Waals surface area contributed by atoms with Crippen LogP contribution in [0.25, 0.3) is 0 Å². The molecule has 0 aliphatic rings. The zero-order chi connectivity index (χ0) is 4.99. The number of hydrogen-bond donors (Lipinski definition) is 0. The molecule has 0 aromatic rings. The quantitative estimate of drug-likeness (QED) is 0.459. The average molecular weight is 88.1 g/mol. The van der Waals surface area contributed by atoms with Gasteiger partial charge in [-0.05, 0) is 0 Å². The highest BCUT2D eigenvalue weighted by Gasteiger charge is 1.93. The minimum atomic E-state index is -1.27. The van der Waals surface area contributed by atoms with Crippen LogP contribution in [-0.4, -0.2) is 12.6 Å². The molecule has 6 heavy (non-hydrogen) atoms. The largest absolute Gasteiger partial charge is 0.358 e. The van der Waals surface area contributed by atoms with Crippen LogP contribution in [0.4, 0.5) is 0 Å². The van der Waals surface area contributed by atoms with Gasteiger partial charge in [0.15, 0.2) is 0 Å². The van der Waals surface area contributed by atoms with Crippen molar-refractivity contribution in [2.24, 2.45) is 0 Å². The molecule has 0 amide bonds. The predicted octanol–water partition coefficient (Wildman–Crippen LogP) is -0.236. The summed E-state index contributed by atoms with van der Waals surface area (Å²) in [7, 11) is 0. The smallest absolute Gasteiger partial charge is 0.247 e. The first-order valence-electron chi connectivity index (χ1n) is 1.55. The van der Waals surface area contributed by atoms with Crippen molar-refractivity contribution < 1.29 is 15.0 Å². The molecule has 0 unspecified atom stereocenters. The molecule has 2 radical (unpaired) electrons. The van der Waals surface area contributed by atoms with Gasteiger partial charge in [0.1, 0.15) is 0 Å². The fourth-order valence-corrected chi connectivity index (χ4v) is 0.0833. The van der Waals surface area contributed by atoms with Gasteiger partial charge < -0.3 is 0 Å². The molecule has 3 heteroatoms. The van der Waals surface area contributed by atoms with E-state index in [2.05, 4.69) is 0 Å². The minimum absolute atomic E-state index is 0.375. The second-order valence-corrected chi connectivity index (χ2v) is 0.826. The van der Waals surface area contributed by atoms with Crippen molar-refractivity contribution in [3.63, 3.8) is 0 Å². The number of rotatable bonds is 2. The zero-order valence-corrected chi connectivity index (χ0v) is 3.14. The van der Waals surface area contributed by atoms with Crippen LogP contribution < -0.4 is 0 Å². The van der Waals surface area contributed by atoms with E-state index in [1.807, 2.05) is 0 Å². The monoisotopic (exact) mass is 88.0 g/mol. The number of carbonyl (C=O) groups excluding carboxylic acids is 1. The highest BCUT2D eigenvalue weighted by atomic mass is 16.4. The molecule has 0 rings (SSSR count). The molecule has 0 heterocycles. The first-order valence-corrected chi connectivity index (χ1v) is 1.55. The molecule has 0 aliphatic heterocycles. The fourth-order valence-electron chi connectivity index (χ4n) is 0.0833. The van der Waals surface area contributed by atoms with Crippen LogP contribution in [0.2, 0.25) is 0 Å². The van der Waals surface area contributed by atoms with Gasteiger partial charge in [-0.3, -0.25) is 0 Å². The second-order valence-electron chi connectivity index (χ2n) is 0.826. The SMILES string of the molecule is [O]CCC([O])=O. The van der Waals surface area contributed by atoms with Crippen molar-refractivity contribution in [3.8, 4) is 0 Å². The number of carbonyl (C=O) groups is 1. The average Bonchev–Trinajstić information content (AvgIpc) is 1.35. The summed E-state index contributed by atoms with van der Waals surface area (Å²) in [4.78, 5) is 9.29. The van der Waals surface area contributed by atoms with Gasteiger partial charge >= 0.3 is 5.97 Å². The van der Waals surface area contributed by atoms with E-state index in [9.17, 15) is 15.0 Å². The van der Waals surface area contributed by atoms with Gasteiger partial charge in [-0.1, -0.05) is 0 Å². The van der Waals surface area contributed by atoms with Crippen LogP contribution in [0, 0.1) is 0 Å². The highest BCUT2D eigenvalue weighted by Crippen LogP contribution is 1.72. The molecule has 0 N–H and O–H groups in total. The van der Waals surface area contributed by atoms with E-state index < -0.39 is 12.6 Å². The molecule has 0 spiro atoms. The van der Waals surface area contributed by atoms with E-state index in [1.54, 1.807) is 0 Å². The van der Waals surface area contributed by atoms with Crippen LogP contribution in [-0.2, 0) is 15.0 Å². The maximum absolute atomic E-state index is 9.32. The van der Waals surface area contributed by atoms with Crippen LogP contribution in [0.5, 0.6) is 0 Å². The maximum atomic E-state index is 9.32. The molecule has 0 aromatic heterocycles. The summed E-state index contributed by atoms with van der Waals surface area (Å²) < 4.78 is 0. The van der Waals surface area contributed by atoms with E-state index in [-0.39, 0.29) is 6.42 Å². The van der Waals surface area contributed by atoms with Gasteiger partial charge in [0, 0.05) is 0 Å². The maximum Gasteiger partial charge on any atom is 0.358 e. The van der Waals surface area contributed by atoms with Gasteiger partial charge in [0.2, 0.25) is 0 Å². The van der Waals surface area contributed by atoms with Gasteiger partial charge in [0.05, 0.1) is 13.0 Å². The zero-order valence-electron chi connectivity index (χ0n) is 3.14. The van der Waals surface area contributed by atoms with Crippen molar-refractivity contribution >= 4 is 5.97 Å². The normalized spacial score (nSPS) is 8.17. The van der Waals surface area contributed by atoms with Crippen molar-refractivity contribution in [1.82, 2.24) is 0 Å². The summed E-state index contributed by atoms with van der Waals surface area (Å²) in [5.74, 6) is -1.27. The van der Waals surface area contributed by atoms with E-state index in [4.69, 9.17) is 0 Å². The van der Waals surface area contributed by atoms with E-state index in [0.29, 0.717) is 0 Å². The Bertz CT molecular complexity index is 50.0. The summed E-state index contributed by atoms with van der Waals surface area (Å²) in [5, 5.41) is 18.6. The lowest BCUT2D eigenvalue weighted by Gasteiger charge is -1.73. The van der Waals surface area contributed by atoms with E-state index >= 15 is 0 Å². The second kappa shape index (κ2) is 2.66. The molecule has 0 saturated carbocycles. The third-order valence-electron chi connectivity index (χ3n) is 0.306. The molecule has 34 valence electrons. The van der Waals surface area contributed by atoms with Gasteiger partial charge in [0.25, 0.3) is 0 Å². The molecule has 0 saturated heterocycles. The fraction of sp³-hybridized carbons (Fsp3) is 0.667.